The second-order valence-electron chi connectivity index (χ2n) is 3.89. The van der Waals surface area contributed by atoms with Crippen LogP contribution in [0.1, 0.15) is 10.4 Å². The van der Waals surface area contributed by atoms with Gasteiger partial charge in [-0.25, -0.2) is 4.79 Å². The molecule has 0 saturated heterocycles. The summed E-state index contributed by atoms with van der Waals surface area (Å²) in [6, 6.07) is 9.51. The molecular formula is C14H11ClO4. The van der Waals surface area contributed by atoms with E-state index < -0.39 is 5.97 Å². The third-order valence-electron chi connectivity index (χ3n) is 2.71. The molecule has 0 spiro atoms. The molecule has 2 aromatic rings. The maximum absolute atomic E-state index is 11.0. The zero-order chi connectivity index (χ0) is 14.0. The zero-order valence-electron chi connectivity index (χ0n) is 10.1. The van der Waals surface area contributed by atoms with Crippen LogP contribution in [0, 0.1) is 0 Å². The van der Waals surface area contributed by atoms with Gasteiger partial charge in [-0.1, -0.05) is 23.7 Å². The lowest BCUT2D eigenvalue weighted by molar-refractivity contribution is 0.0694. The highest BCUT2D eigenvalue weighted by molar-refractivity contribution is 6.32. The van der Waals surface area contributed by atoms with Gasteiger partial charge in [0.15, 0.2) is 0 Å². The smallest absolute Gasteiger partial charge is 0.339 e. The van der Waals surface area contributed by atoms with Crippen LogP contribution in [-0.4, -0.2) is 23.3 Å². The summed E-state index contributed by atoms with van der Waals surface area (Å²) in [6.45, 7) is 0. The molecule has 0 saturated carbocycles. The maximum Gasteiger partial charge on any atom is 0.339 e. The quantitative estimate of drug-likeness (QED) is 0.903. The Hall–Kier alpha value is -2.20. The number of aromatic hydroxyl groups is 1. The first-order valence-corrected chi connectivity index (χ1v) is 5.81. The van der Waals surface area contributed by atoms with Crippen molar-refractivity contribution in [3.8, 4) is 22.6 Å². The van der Waals surface area contributed by atoms with Crippen LogP contribution in [0.3, 0.4) is 0 Å². The Morgan fingerprint density at radius 1 is 1.16 bits per heavy atom. The van der Waals surface area contributed by atoms with Crippen molar-refractivity contribution < 1.29 is 19.7 Å². The molecule has 2 rings (SSSR count). The number of phenols is 1. The molecule has 0 amide bonds. The van der Waals surface area contributed by atoms with Crippen LogP contribution in [0.2, 0.25) is 5.02 Å². The van der Waals surface area contributed by atoms with Gasteiger partial charge in [0.2, 0.25) is 0 Å². The summed E-state index contributed by atoms with van der Waals surface area (Å²) in [5.41, 5.74) is 1.25. The number of hydrogen-bond acceptors (Lipinski definition) is 3. The molecule has 4 nitrogen and oxygen atoms in total. The van der Waals surface area contributed by atoms with E-state index in [0.29, 0.717) is 16.3 Å². The van der Waals surface area contributed by atoms with Crippen LogP contribution in [0.15, 0.2) is 36.4 Å². The fourth-order valence-electron chi connectivity index (χ4n) is 1.73. The SMILES string of the molecule is COc1ccc(-c2ccc(O)c(C(=O)O)c2)cc1Cl. The molecule has 0 aliphatic rings. The molecule has 0 aliphatic heterocycles. The molecule has 2 aromatic carbocycles. The Labute approximate surface area is 114 Å². The van der Waals surface area contributed by atoms with Gasteiger partial charge in [0.25, 0.3) is 0 Å². The van der Waals surface area contributed by atoms with E-state index in [1.807, 2.05) is 0 Å². The summed E-state index contributed by atoms with van der Waals surface area (Å²) in [7, 11) is 1.52. The highest BCUT2D eigenvalue weighted by Crippen LogP contribution is 2.32. The van der Waals surface area contributed by atoms with Gasteiger partial charge in [0.05, 0.1) is 12.1 Å². The molecule has 5 heteroatoms. The molecule has 0 bridgehead atoms. The average molecular weight is 279 g/mol. The highest BCUT2D eigenvalue weighted by atomic mass is 35.5. The number of ether oxygens (including phenoxy) is 1. The predicted molar refractivity (Wildman–Crippen MR) is 72.1 cm³/mol. The number of aromatic carboxylic acids is 1. The van der Waals surface area contributed by atoms with Crippen LogP contribution >= 0.6 is 11.6 Å². The third-order valence-corrected chi connectivity index (χ3v) is 3.01. The topological polar surface area (TPSA) is 66.8 Å². The van der Waals surface area contributed by atoms with Crippen molar-refractivity contribution in [2.24, 2.45) is 0 Å². The number of rotatable bonds is 3. The molecule has 19 heavy (non-hydrogen) atoms. The van der Waals surface area contributed by atoms with Crippen molar-refractivity contribution in [2.45, 2.75) is 0 Å². The Balaban J connectivity index is 2.50. The number of carboxylic acids is 1. The summed E-state index contributed by atoms with van der Waals surface area (Å²) in [6.07, 6.45) is 0. The summed E-state index contributed by atoms with van der Waals surface area (Å²) >= 11 is 6.02. The van der Waals surface area contributed by atoms with Gasteiger partial charge in [-0.05, 0) is 35.4 Å². The summed E-state index contributed by atoms with van der Waals surface area (Å²) in [5, 5.41) is 18.9. The van der Waals surface area contributed by atoms with Crippen LogP contribution in [0.25, 0.3) is 11.1 Å². The lowest BCUT2D eigenvalue weighted by Gasteiger charge is -2.08. The Morgan fingerprint density at radius 2 is 1.79 bits per heavy atom. The van der Waals surface area contributed by atoms with Crippen LogP contribution in [-0.2, 0) is 0 Å². The van der Waals surface area contributed by atoms with Crippen LogP contribution in [0.4, 0.5) is 0 Å². The second-order valence-corrected chi connectivity index (χ2v) is 4.29. The molecule has 0 fully saturated rings. The van der Waals surface area contributed by atoms with Crippen molar-refractivity contribution in [1.82, 2.24) is 0 Å². The number of benzene rings is 2. The van der Waals surface area contributed by atoms with E-state index in [1.54, 1.807) is 24.3 Å². The summed E-state index contributed by atoms with van der Waals surface area (Å²) in [5.74, 6) is -0.905. The van der Waals surface area contributed by atoms with Crippen molar-refractivity contribution >= 4 is 17.6 Å². The molecule has 0 heterocycles. The summed E-state index contributed by atoms with van der Waals surface area (Å²) in [4.78, 5) is 11.0. The minimum atomic E-state index is -1.18. The van der Waals surface area contributed by atoms with E-state index in [-0.39, 0.29) is 11.3 Å². The van der Waals surface area contributed by atoms with E-state index in [2.05, 4.69) is 0 Å². The van der Waals surface area contributed by atoms with E-state index in [0.717, 1.165) is 5.56 Å². The molecule has 0 atom stereocenters. The van der Waals surface area contributed by atoms with Crippen molar-refractivity contribution in [3.63, 3.8) is 0 Å². The first-order chi connectivity index (χ1) is 9.02. The molecule has 0 radical (unpaired) electrons. The number of halogens is 1. The second kappa shape index (κ2) is 5.20. The van der Waals surface area contributed by atoms with Gasteiger partial charge < -0.3 is 14.9 Å². The molecule has 98 valence electrons. The Bertz CT molecular complexity index is 637. The lowest BCUT2D eigenvalue weighted by atomic mass is 10.0. The number of hydrogen-bond donors (Lipinski definition) is 2. The van der Waals surface area contributed by atoms with E-state index in [4.69, 9.17) is 21.4 Å². The predicted octanol–water partition coefficient (Wildman–Crippen LogP) is 3.42. The number of carboxylic acid groups (broad SMARTS) is 1. The van der Waals surface area contributed by atoms with Gasteiger partial charge in [0.1, 0.15) is 17.1 Å². The minimum Gasteiger partial charge on any atom is -0.507 e. The maximum atomic E-state index is 11.0. The van der Waals surface area contributed by atoms with Gasteiger partial charge >= 0.3 is 5.97 Å². The molecular weight excluding hydrogens is 268 g/mol. The van der Waals surface area contributed by atoms with Crippen molar-refractivity contribution in [2.75, 3.05) is 7.11 Å². The van der Waals surface area contributed by atoms with Crippen LogP contribution < -0.4 is 4.74 Å². The van der Waals surface area contributed by atoms with Gasteiger partial charge in [-0.2, -0.15) is 0 Å². The minimum absolute atomic E-state index is 0.149. The highest BCUT2D eigenvalue weighted by Gasteiger charge is 2.11. The fourth-order valence-corrected chi connectivity index (χ4v) is 1.99. The molecule has 2 N–H and O–H groups in total. The fraction of sp³-hybridized carbons (Fsp3) is 0.0714. The Kier molecular flexibility index (Phi) is 3.62. The molecule has 0 unspecified atom stereocenters. The van der Waals surface area contributed by atoms with Crippen LogP contribution in [0.5, 0.6) is 11.5 Å². The average Bonchev–Trinajstić information content (AvgIpc) is 2.38. The standard InChI is InChI=1S/C14H11ClO4/c1-19-13-5-3-9(7-11(13)15)8-2-4-12(16)10(6-8)14(17)18/h2-7,16H,1H3,(H,17,18). The zero-order valence-corrected chi connectivity index (χ0v) is 10.8. The Morgan fingerprint density at radius 3 is 2.37 bits per heavy atom. The van der Waals surface area contributed by atoms with E-state index >= 15 is 0 Å². The van der Waals surface area contributed by atoms with Gasteiger partial charge in [-0.3, -0.25) is 0 Å². The van der Waals surface area contributed by atoms with Gasteiger partial charge in [0, 0.05) is 0 Å². The molecule has 0 aromatic heterocycles. The first kappa shape index (κ1) is 13.2. The third kappa shape index (κ3) is 2.63. The first-order valence-electron chi connectivity index (χ1n) is 5.43. The lowest BCUT2D eigenvalue weighted by Crippen LogP contribution is -1.97. The van der Waals surface area contributed by atoms with E-state index in [9.17, 15) is 9.90 Å². The van der Waals surface area contributed by atoms with E-state index in [1.165, 1.54) is 19.2 Å². The van der Waals surface area contributed by atoms with Crippen molar-refractivity contribution in [3.05, 3.63) is 47.0 Å². The normalized spacial score (nSPS) is 10.2. The summed E-state index contributed by atoms with van der Waals surface area (Å²) < 4.78 is 5.05. The number of methoxy groups -OCH3 is 1. The van der Waals surface area contributed by atoms with Crippen molar-refractivity contribution in [1.29, 1.82) is 0 Å². The molecule has 0 aliphatic carbocycles. The number of carbonyl (C=O) groups is 1. The monoisotopic (exact) mass is 278 g/mol. The van der Waals surface area contributed by atoms with Gasteiger partial charge in [-0.15, -0.1) is 0 Å². The largest absolute Gasteiger partial charge is 0.507 e.